The highest BCUT2D eigenvalue weighted by Gasteiger charge is 2.45. The standard InChI is InChI=1S/C36H45N5O7/c1-21(2)40(20-22-12-14-39(15-13-22)30-10-6-23(19-37-30)35(46)48-36(3,4)5)24-16-26(17-24)47-25-7-8-27-28(18-25)34(45)41(33(27)44)29-9-11-31(42)38-32(29)43/h6-8,10,18-19,21-22,24,26,29H,9,11-17,20H2,1-5H3,(H,38,42,43). The van der Waals surface area contributed by atoms with Crippen LogP contribution in [0, 0.1) is 5.92 Å². The Morgan fingerprint density at radius 3 is 2.33 bits per heavy atom. The number of fused-ring (bicyclic) bond motifs is 1. The molecule has 1 aliphatic carbocycles. The number of rotatable bonds is 9. The number of amides is 4. The van der Waals surface area contributed by atoms with E-state index in [1.807, 2.05) is 26.8 Å². The highest BCUT2D eigenvalue weighted by molar-refractivity contribution is 6.23. The number of aromatic nitrogens is 1. The molecule has 1 N–H and O–H groups in total. The number of anilines is 1. The third-order valence-corrected chi connectivity index (χ3v) is 9.71. The molecule has 0 radical (unpaired) electrons. The lowest BCUT2D eigenvalue weighted by Crippen LogP contribution is -2.54. The van der Waals surface area contributed by atoms with Crippen molar-refractivity contribution in [1.82, 2.24) is 20.1 Å². The smallest absolute Gasteiger partial charge is 0.340 e. The largest absolute Gasteiger partial charge is 0.490 e. The van der Waals surface area contributed by atoms with Crippen LogP contribution in [0.25, 0.3) is 0 Å². The van der Waals surface area contributed by atoms with Crippen molar-refractivity contribution in [2.75, 3.05) is 24.5 Å². The molecule has 2 aromatic rings. The van der Waals surface area contributed by atoms with E-state index in [0.717, 1.165) is 56.0 Å². The van der Waals surface area contributed by atoms with E-state index >= 15 is 0 Å². The van der Waals surface area contributed by atoms with Crippen LogP contribution in [-0.2, 0) is 14.3 Å². The number of esters is 1. The Morgan fingerprint density at radius 2 is 1.71 bits per heavy atom. The van der Waals surface area contributed by atoms with Crippen LogP contribution in [0.15, 0.2) is 36.5 Å². The topological polar surface area (TPSA) is 138 Å². The number of ether oxygens (including phenoxy) is 2. The molecule has 1 saturated carbocycles. The van der Waals surface area contributed by atoms with Gasteiger partial charge in [-0.2, -0.15) is 0 Å². The SMILES string of the molecule is CC(C)N(CC1CCN(c2ccc(C(=O)OC(C)(C)C)cn2)CC1)C1CC(Oc2ccc3c(c2)C(=O)N(C2CCC(=O)NC2=O)C3=O)C1. The zero-order valence-electron chi connectivity index (χ0n) is 28.4. The lowest BCUT2D eigenvalue weighted by atomic mass is 9.85. The van der Waals surface area contributed by atoms with Gasteiger partial charge in [0.05, 0.1) is 16.7 Å². The fraction of sp³-hybridized carbons (Fsp3) is 0.556. The molecule has 4 aliphatic rings. The zero-order valence-corrected chi connectivity index (χ0v) is 28.4. The molecule has 3 fully saturated rings. The van der Waals surface area contributed by atoms with E-state index in [1.165, 1.54) is 0 Å². The number of hydrogen-bond donors (Lipinski definition) is 1. The van der Waals surface area contributed by atoms with E-state index in [9.17, 15) is 24.0 Å². The number of nitrogens with one attached hydrogen (secondary N) is 1. The van der Waals surface area contributed by atoms with Crippen molar-refractivity contribution in [1.29, 1.82) is 0 Å². The maximum absolute atomic E-state index is 13.2. The fourth-order valence-electron chi connectivity index (χ4n) is 7.08. The minimum atomic E-state index is -0.991. The molecular weight excluding hydrogens is 614 g/mol. The molecule has 4 heterocycles. The van der Waals surface area contributed by atoms with Crippen molar-refractivity contribution < 1.29 is 33.4 Å². The molecule has 0 bridgehead atoms. The fourth-order valence-corrected chi connectivity index (χ4v) is 7.08. The van der Waals surface area contributed by atoms with Gasteiger partial charge in [-0.05, 0) is 90.1 Å². The van der Waals surface area contributed by atoms with Gasteiger partial charge >= 0.3 is 5.97 Å². The molecule has 1 aromatic carbocycles. The number of carbonyl (C=O) groups is 5. The minimum absolute atomic E-state index is 0.00400. The first-order valence-electron chi connectivity index (χ1n) is 17.0. The summed E-state index contributed by atoms with van der Waals surface area (Å²) in [5.41, 5.74) is 0.374. The number of nitrogens with zero attached hydrogens (tertiary/aromatic N) is 4. The first kappa shape index (κ1) is 33.6. The van der Waals surface area contributed by atoms with Crippen LogP contribution in [0.4, 0.5) is 5.82 Å². The maximum atomic E-state index is 13.2. The number of benzene rings is 1. The summed E-state index contributed by atoms with van der Waals surface area (Å²) in [7, 11) is 0. The molecule has 6 rings (SSSR count). The van der Waals surface area contributed by atoms with Crippen LogP contribution >= 0.6 is 0 Å². The van der Waals surface area contributed by atoms with Gasteiger partial charge < -0.3 is 14.4 Å². The summed E-state index contributed by atoms with van der Waals surface area (Å²) in [6.45, 7) is 12.8. The predicted molar refractivity (Wildman–Crippen MR) is 177 cm³/mol. The van der Waals surface area contributed by atoms with E-state index in [4.69, 9.17) is 9.47 Å². The Balaban J connectivity index is 0.986. The number of imide groups is 2. The summed E-state index contributed by atoms with van der Waals surface area (Å²) in [6.07, 6.45) is 5.67. The monoisotopic (exact) mass is 659 g/mol. The van der Waals surface area contributed by atoms with Crippen molar-refractivity contribution >= 4 is 35.4 Å². The van der Waals surface area contributed by atoms with Crippen molar-refractivity contribution in [3.63, 3.8) is 0 Å². The summed E-state index contributed by atoms with van der Waals surface area (Å²) < 4.78 is 11.7. The first-order valence-corrected chi connectivity index (χ1v) is 17.0. The van der Waals surface area contributed by atoms with Gasteiger partial charge in [-0.1, -0.05) is 0 Å². The van der Waals surface area contributed by atoms with Gasteiger partial charge in [0.2, 0.25) is 11.8 Å². The average molecular weight is 660 g/mol. The van der Waals surface area contributed by atoms with Crippen molar-refractivity contribution in [3.05, 3.63) is 53.2 Å². The van der Waals surface area contributed by atoms with Gasteiger partial charge in [0, 0.05) is 57.2 Å². The third-order valence-electron chi connectivity index (χ3n) is 9.71. The van der Waals surface area contributed by atoms with Crippen LogP contribution in [0.2, 0.25) is 0 Å². The van der Waals surface area contributed by atoms with E-state index in [2.05, 4.69) is 33.9 Å². The highest BCUT2D eigenvalue weighted by atomic mass is 16.6. The van der Waals surface area contributed by atoms with Crippen molar-refractivity contribution in [2.24, 2.45) is 5.92 Å². The van der Waals surface area contributed by atoms with E-state index in [-0.39, 0.29) is 36.0 Å². The third kappa shape index (κ3) is 7.08. The summed E-state index contributed by atoms with van der Waals surface area (Å²) in [4.78, 5) is 72.9. The number of piperidine rings is 2. The maximum Gasteiger partial charge on any atom is 0.340 e. The van der Waals surface area contributed by atoms with Gasteiger partial charge in [0.25, 0.3) is 11.8 Å². The van der Waals surface area contributed by atoms with Crippen LogP contribution in [0.3, 0.4) is 0 Å². The quantitative estimate of drug-likeness (QED) is 0.311. The first-order chi connectivity index (χ1) is 22.8. The van der Waals surface area contributed by atoms with Gasteiger partial charge in [-0.15, -0.1) is 0 Å². The molecule has 1 unspecified atom stereocenters. The van der Waals surface area contributed by atoms with Gasteiger partial charge in [-0.25, -0.2) is 9.78 Å². The number of carbonyl (C=O) groups excluding carboxylic acids is 5. The molecule has 12 heteroatoms. The summed E-state index contributed by atoms with van der Waals surface area (Å²) in [6, 6.07) is 8.38. The molecular formula is C36H45N5O7. The summed E-state index contributed by atoms with van der Waals surface area (Å²) in [5.74, 6) is -0.477. The molecule has 12 nitrogen and oxygen atoms in total. The molecule has 4 amide bonds. The Kier molecular flexibility index (Phi) is 9.30. The predicted octanol–water partition coefficient (Wildman–Crippen LogP) is 3.97. The second kappa shape index (κ2) is 13.3. The van der Waals surface area contributed by atoms with Gasteiger partial charge in [0.15, 0.2) is 0 Å². The summed E-state index contributed by atoms with van der Waals surface area (Å²) in [5, 5.41) is 2.22. The van der Waals surface area contributed by atoms with Crippen LogP contribution in [-0.4, -0.2) is 93.8 Å². The summed E-state index contributed by atoms with van der Waals surface area (Å²) >= 11 is 0. The lowest BCUT2D eigenvalue weighted by Gasteiger charge is -2.46. The van der Waals surface area contributed by atoms with E-state index in [1.54, 1.807) is 30.5 Å². The highest BCUT2D eigenvalue weighted by Crippen LogP contribution is 2.35. The normalized spacial score (nSPS) is 23.4. The molecule has 2 saturated heterocycles. The molecule has 48 heavy (non-hydrogen) atoms. The average Bonchev–Trinajstić information content (AvgIpc) is 3.26. The van der Waals surface area contributed by atoms with Crippen molar-refractivity contribution in [2.45, 2.75) is 103 Å². The lowest BCUT2D eigenvalue weighted by molar-refractivity contribution is -0.136. The second-order valence-electron chi connectivity index (χ2n) is 14.6. The van der Waals surface area contributed by atoms with Gasteiger partial charge in [0.1, 0.15) is 29.3 Å². The Bertz CT molecular complexity index is 1590. The zero-order chi connectivity index (χ0) is 34.3. The minimum Gasteiger partial charge on any atom is -0.490 e. The molecule has 3 aliphatic heterocycles. The van der Waals surface area contributed by atoms with Gasteiger partial charge in [-0.3, -0.25) is 34.3 Å². The Labute approximate surface area is 281 Å². The van der Waals surface area contributed by atoms with Crippen LogP contribution in [0.5, 0.6) is 5.75 Å². The van der Waals surface area contributed by atoms with E-state index < -0.39 is 35.3 Å². The molecule has 1 aromatic heterocycles. The molecule has 256 valence electrons. The van der Waals surface area contributed by atoms with E-state index in [0.29, 0.717) is 29.3 Å². The molecule has 1 atom stereocenters. The van der Waals surface area contributed by atoms with Crippen LogP contribution in [0.1, 0.15) is 104 Å². The Morgan fingerprint density at radius 1 is 1.00 bits per heavy atom. The Hall–Kier alpha value is -4.32. The van der Waals surface area contributed by atoms with Crippen molar-refractivity contribution in [3.8, 4) is 5.75 Å². The van der Waals surface area contributed by atoms with Crippen LogP contribution < -0.4 is 15.0 Å². The number of pyridine rings is 1. The number of hydrogen-bond acceptors (Lipinski definition) is 10. The molecule has 0 spiro atoms. The second-order valence-corrected chi connectivity index (χ2v) is 14.6.